The fourth-order valence-electron chi connectivity index (χ4n) is 2.54. The number of carbonyl (C=O) groups excluding carboxylic acids is 1. The van der Waals surface area contributed by atoms with E-state index in [1.54, 1.807) is 6.07 Å². The number of carboxylic acids is 1. The van der Waals surface area contributed by atoms with Crippen molar-refractivity contribution in [2.45, 2.75) is 18.9 Å². The van der Waals surface area contributed by atoms with Crippen molar-refractivity contribution >= 4 is 22.6 Å². The maximum absolute atomic E-state index is 12.1. The molecule has 3 rings (SSSR count). The van der Waals surface area contributed by atoms with Crippen molar-refractivity contribution in [3.8, 4) is 0 Å². The Kier molecular flexibility index (Phi) is 3.14. The van der Waals surface area contributed by atoms with E-state index < -0.39 is 5.97 Å². The summed E-state index contributed by atoms with van der Waals surface area (Å²) in [5.74, 6) is -1.22. The van der Waals surface area contributed by atoms with E-state index in [0.29, 0.717) is 18.4 Å². The van der Waals surface area contributed by atoms with Gasteiger partial charge in [0.15, 0.2) is 0 Å². The summed E-state index contributed by atoms with van der Waals surface area (Å²) in [7, 11) is 0. The largest absolute Gasteiger partial charge is 0.481 e. The summed E-state index contributed by atoms with van der Waals surface area (Å²) in [6.07, 6.45) is 1.04. The summed E-state index contributed by atoms with van der Waals surface area (Å²) in [6, 6.07) is 13.4. The highest BCUT2D eigenvalue weighted by Gasteiger charge is 2.35. The maximum Gasteiger partial charge on any atom is 0.306 e. The highest BCUT2D eigenvalue weighted by Crippen LogP contribution is 2.27. The van der Waals surface area contributed by atoms with E-state index in [-0.39, 0.29) is 17.9 Å². The van der Waals surface area contributed by atoms with Gasteiger partial charge in [-0.15, -0.1) is 0 Å². The van der Waals surface area contributed by atoms with Crippen LogP contribution in [0.2, 0.25) is 0 Å². The van der Waals surface area contributed by atoms with Crippen LogP contribution in [0.4, 0.5) is 0 Å². The van der Waals surface area contributed by atoms with E-state index in [4.69, 9.17) is 5.11 Å². The third-order valence-corrected chi connectivity index (χ3v) is 3.83. The molecule has 0 atom stereocenters. The molecule has 1 saturated carbocycles. The Bertz CT molecular complexity index is 674. The number of hydrogen-bond donors (Lipinski definition) is 2. The van der Waals surface area contributed by atoms with Crippen molar-refractivity contribution in [2.24, 2.45) is 5.92 Å². The molecule has 2 N–H and O–H groups in total. The molecule has 0 aromatic heterocycles. The number of amides is 1. The summed E-state index contributed by atoms with van der Waals surface area (Å²) in [4.78, 5) is 22.8. The lowest BCUT2D eigenvalue weighted by Crippen LogP contribution is -2.46. The van der Waals surface area contributed by atoms with Crippen molar-refractivity contribution in [3.63, 3.8) is 0 Å². The van der Waals surface area contributed by atoms with Gasteiger partial charge in [0, 0.05) is 11.6 Å². The lowest BCUT2D eigenvalue weighted by molar-refractivity contribution is -0.145. The summed E-state index contributed by atoms with van der Waals surface area (Å²) in [5.41, 5.74) is 0.613. The Balaban J connectivity index is 1.69. The molecule has 0 spiro atoms. The van der Waals surface area contributed by atoms with Crippen LogP contribution in [0.3, 0.4) is 0 Å². The minimum Gasteiger partial charge on any atom is -0.481 e. The average molecular weight is 269 g/mol. The Morgan fingerprint density at radius 3 is 2.45 bits per heavy atom. The van der Waals surface area contributed by atoms with E-state index in [0.717, 1.165) is 10.8 Å². The molecule has 1 aliphatic rings. The molecule has 20 heavy (non-hydrogen) atoms. The van der Waals surface area contributed by atoms with Crippen LogP contribution in [0, 0.1) is 5.92 Å². The number of nitrogens with one attached hydrogen (secondary N) is 1. The van der Waals surface area contributed by atoms with E-state index in [1.807, 2.05) is 36.4 Å². The number of benzene rings is 2. The highest BCUT2D eigenvalue weighted by atomic mass is 16.4. The lowest BCUT2D eigenvalue weighted by Gasteiger charge is -2.32. The van der Waals surface area contributed by atoms with Gasteiger partial charge in [-0.25, -0.2) is 0 Å². The second-order valence-corrected chi connectivity index (χ2v) is 5.24. The predicted molar refractivity (Wildman–Crippen MR) is 75.6 cm³/mol. The van der Waals surface area contributed by atoms with Crippen molar-refractivity contribution in [1.29, 1.82) is 0 Å². The smallest absolute Gasteiger partial charge is 0.306 e. The average Bonchev–Trinajstić information content (AvgIpc) is 2.41. The first-order valence-electron chi connectivity index (χ1n) is 6.66. The molecule has 4 heteroatoms. The SMILES string of the molecule is O=C(NC1CC(C(=O)O)C1)c1ccc2ccccc2c1. The normalized spacial score (nSPS) is 21.2. The minimum atomic E-state index is -0.777. The molecule has 0 aliphatic heterocycles. The van der Waals surface area contributed by atoms with Crippen LogP contribution in [0.15, 0.2) is 42.5 Å². The Labute approximate surface area is 116 Å². The highest BCUT2D eigenvalue weighted by molar-refractivity contribution is 5.98. The maximum atomic E-state index is 12.1. The van der Waals surface area contributed by atoms with E-state index in [9.17, 15) is 9.59 Å². The van der Waals surface area contributed by atoms with Crippen molar-refractivity contribution in [2.75, 3.05) is 0 Å². The van der Waals surface area contributed by atoms with Crippen LogP contribution in [0.5, 0.6) is 0 Å². The summed E-state index contributed by atoms with van der Waals surface area (Å²) in [5, 5.41) is 13.8. The number of carboxylic acid groups (broad SMARTS) is 1. The molecule has 0 saturated heterocycles. The zero-order valence-electron chi connectivity index (χ0n) is 10.9. The zero-order chi connectivity index (χ0) is 14.1. The van der Waals surface area contributed by atoms with Gasteiger partial charge in [0.05, 0.1) is 5.92 Å². The topological polar surface area (TPSA) is 66.4 Å². The third-order valence-electron chi connectivity index (χ3n) is 3.83. The molecule has 4 nitrogen and oxygen atoms in total. The summed E-state index contributed by atoms with van der Waals surface area (Å²) >= 11 is 0. The lowest BCUT2D eigenvalue weighted by atomic mass is 9.80. The van der Waals surface area contributed by atoms with Gasteiger partial charge in [-0.2, -0.15) is 0 Å². The van der Waals surface area contributed by atoms with Gasteiger partial charge in [0.25, 0.3) is 5.91 Å². The zero-order valence-corrected chi connectivity index (χ0v) is 10.9. The summed E-state index contributed by atoms with van der Waals surface area (Å²) < 4.78 is 0. The molecule has 2 aromatic carbocycles. The molecule has 1 aliphatic carbocycles. The first kappa shape index (κ1) is 12.7. The number of aliphatic carboxylic acids is 1. The van der Waals surface area contributed by atoms with Crippen LogP contribution in [0.25, 0.3) is 10.8 Å². The van der Waals surface area contributed by atoms with Crippen molar-refractivity contribution in [3.05, 3.63) is 48.0 Å². The molecule has 1 amide bonds. The Morgan fingerprint density at radius 2 is 1.75 bits per heavy atom. The van der Waals surface area contributed by atoms with E-state index in [1.165, 1.54) is 0 Å². The predicted octanol–water partition coefficient (Wildman–Crippen LogP) is 2.43. The standard InChI is InChI=1S/C16H15NO3/c18-15(17-14-8-13(9-14)16(19)20)12-6-5-10-3-1-2-4-11(10)7-12/h1-7,13-14H,8-9H2,(H,17,18)(H,19,20). The fraction of sp³-hybridized carbons (Fsp3) is 0.250. The molecule has 0 radical (unpaired) electrons. The first-order chi connectivity index (χ1) is 9.63. The molecule has 1 fully saturated rings. The van der Waals surface area contributed by atoms with Gasteiger partial charge in [-0.05, 0) is 35.7 Å². The van der Waals surface area contributed by atoms with E-state index in [2.05, 4.69) is 5.32 Å². The monoisotopic (exact) mass is 269 g/mol. The number of rotatable bonds is 3. The van der Waals surface area contributed by atoms with Gasteiger partial charge in [0.2, 0.25) is 0 Å². The molecule has 0 heterocycles. The van der Waals surface area contributed by atoms with Crippen LogP contribution in [-0.4, -0.2) is 23.0 Å². The van der Waals surface area contributed by atoms with Gasteiger partial charge >= 0.3 is 5.97 Å². The molecule has 2 aromatic rings. The second kappa shape index (κ2) is 4.96. The van der Waals surface area contributed by atoms with E-state index >= 15 is 0 Å². The minimum absolute atomic E-state index is 0.0185. The van der Waals surface area contributed by atoms with Crippen LogP contribution >= 0.6 is 0 Å². The Morgan fingerprint density at radius 1 is 1.05 bits per heavy atom. The third kappa shape index (κ3) is 2.37. The van der Waals surface area contributed by atoms with Crippen molar-refractivity contribution in [1.82, 2.24) is 5.32 Å². The van der Waals surface area contributed by atoms with Crippen LogP contribution in [0.1, 0.15) is 23.2 Å². The van der Waals surface area contributed by atoms with Crippen LogP contribution < -0.4 is 5.32 Å². The molecular formula is C16H15NO3. The van der Waals surface area contributed by atoms with Gasteiger partial charge in [-0.1, -0.05) is 30.3 Å². The van der Waals surface area contributed by atoms with Crippen molar-refractivity contribution < 1.29 is 14.7 Å². The molecule has 0 unspecified atom stereocenters. The first-order valence-corrected chi connectivity index (χ1v) is 6.66. The molecule has 0 bridgehead atoms. The van der Waals surface area contributed by atoms with Gasteiger partial charge in [-0.3, -0.25) is 9.59 Å². The quantitative estimate of drug-likeness (QED) is 0.899. The van der Waals surface area contributed by atoms with Gasteiger partial charge < -0.3 is 10.4 Å². The number of carbonyl (C=O) groups is 2. The number of hydrogen-bond acceptors (Lipinski definition) is 2. The molecule has 102 valence electrons. The molecular weight excluding hydrogens is 254 g/mol. The van der Waals surface area contributed by atoms with Crippen LogP contribution in [-0.2, 0) is 4.79 Å². The fourth-order valence-corrected chi connectivity index (χ4v) is 2.54. The van der Waals surface area contributed by atoms with Gasteiger partial charge in [0.1, 0.15) is 0 Å². The number of fused-ring (bicyclic) bond motifs is 1. The second-order valence-electron chi connectivity index (χ2n) is 5.24. The summed E-state index contributed by atoms with van der Waals surface area (Å²) in [6.45, 7) is 0. The Hall–Kier alpha value is -2.36.